The lowest BCUT2D eigenvalue weighted by Gasteiger charge is -2.21. The van der Waals surface area contributed by atoms with Crippen molar-refractivity contribution < 1.29 is 9.59 Å². The van der Waals surface area contributed by atoms with Gasteiger partial charge in [0.1, 0.15) is 6.54 Å². The largest absolute Gasteiger partial charge is 0.341 e. The van der Waals surface area contributed by atoms with Gasteiger partial charge in [-0.1, -0.05) is 23.7 Å². The summed E-state index contributed by atoms with van der Waals surface area (Å²) < 4.78 is 0. The second-order valence-electron chi connectivity index (χ2n) is 5.84. The molecule has 118 valence electrons. The van der Waals surface area contributed by atoms with E-state index in [0.29, 0.717) is 24.7 Å². The van der Waals surface area contributed by atoms with Gasteiger partial charge in [0.2, 0.25) is 5.91 Å². The number of carbonyl (C=O) groups excluding carboxylic acids is 2. The van der Waals surface area contributed by atoms with Gasteiger partial charge in [-0.15, -0.1) is 0 Å². The molecule has 0 radical (unpaired) electrons. The minimum atomic E-state index is -0.0625. The molecule has 2 fully saturated rings. The predicted molar refractivity (Wildman–Crippen MR) is 84.6 cm³/mol. The second-order valence-corrected chi connectivity index (χ2v) is 6.28. The predicted octanol–water partition coefficient (Wildman–Crippen LogP) is 2.20. The van der Waals surface area contributed by atoms with Crippen molar-refractivity contribution in [1.82, 2.24) is 14.7 Å². The minimum absolute atomic E-state index is 0.0625. The summed E-state index contributed by atoms with van der Waals surface area (Å²) in [6.07, 6.45) is 2.14. The SMILES string of the molecule is O=C(CN1CCN(Cc2cccc(Cl)c2)C1=O)N1CCCC1. The van der Waals surface area contributed by atoms with Gasteiger partial charge in [0.15, 0.2) is 0 Å². The Labute approximate surface area is 135 Å². The number of amides is 3. The molecule has 22 heavy (non-hydrogen) atoms. The minimum Gasteiger partial charge on any atom is -0.341 e. The van der Waals surface area contributed by atoms with Gasteiger partial charge < -0.3 is 14.7 Å². The fourth-order valence-corrected chi connectivity index (χ4v) is 3.22. The van der Waals surface area contributed by atoms with Crippen LogP contribution in [0.25, 0.3) is 0 Å². The molecule has 2 aliphatic heterocycles. The number of rotatable bonds is 4. The average Bonchev–Trinajstić information content (AvgIpc) is 3.13. The monoisotopic (exact) mass is 321 g/mol. The molecule has 2 heterocycles. The van der Waals surface area contributed by atoms with Crippen molar-refractivity contribution in [3.8, 4) is 0 Å². The van der Waals surface area contributed by atoms with Crippen LogP contribution < -0.4 is 0 Å². The van der Waals surface area contributed by atoms with Crippen LogP contribution in [0, 0.1) is 0 Å². The third kappa shape index (κ3) is 3.35. The van der Waals surface area contributed by atoms with E-state index in [1.807, 2.05) is 29.2 Å². The maximum Gasteiger partial charge on any atom is 0.320 e. The quantitative estimate of drug-likeness (QED) is 0.853. The van der Waals surface area contributed by atoms with Gasteiger partial charge in [0.05, 0.1) is 0 Å². The molecule has 3 amide bonds. The van der Waals surface area contributed by atoms with E-state index in [-0.39, 0.29) is 18.5 Å². The summed E-state index contributed by atoms with van der Waals surface area (Å²) in [5.41, 5.74) is 1.01. The number of nitrogens with zero attached hydrogens (tertiary/aromatic N) is 3. The molecule has 2 aliphatic rings. The number of urea groups is 1. The Bertz CT molecular complexity index is 572. The Hall–Kier alpha value is -1.75. The molecule has 1 aromatic rings. The Kier molecular flexibility index (Phi) is 4.52. The van der Waals surface area contributed by atoms with Crippen LogP contribution in [-0.4, -0.2) is 59.4 Å². The number of benzene rings is 1. The molecule has 3 rings (SSSR count). The van der Waals surface area contributed by atoms with E-state index in [4.69, 9.17) is 11.6 Å². The van der Waals surface area contributed by atoms with E-state index >= 15 is 0 Å². The van der Waals surface area contributed by atoms with Crippen LogP contribution in [0.2, 0.25) is 5.02 Å². The highest BCUT2D eigenvalue weighted by atomic mass is 35.5. The molecule has 0 atom stereocenters. The highest BCUT2D eigenvalue weighted by Crippen LogP contribution is 2.17. The smallest absolute Gasteiger partial charge is 0.320 e. The summed E-state index contributed by atoms with van der Waals surface area (Å²) in [6.45, 7) is 3.65. The van der Waals surface area contributed by atoms with Gasteiger partial charge >= 0.3 is 6.03 Å². The van der Waals surface area contributed by atoms with Crippen molar-refractivity contribution in [2.75, 3.05) is 32.7 Å². The Morgan fingerprint density at radius 3 is 2.55 bits per heavy atom. The number of halogens is 1. The number of likely N-dealkylation sites (tertiary alicyclic amines) is 1. The molecular weight excluding hydrogens is 302 g/mol. The van der Waals surface area contributed by atoms with Crippen molar-refractivity contribution in [3.63, 3.8) is 0 Å². The van der Waals surface area contributed by atoms with Crippen LogP contribution in [0.5, 0.6) is 0 Å². The Morgan fingerprint density at radius 1 is 1.09 bits per heavy atom. The first-order valence-corrected chi connectivity index (χ1v) is 8.07. The molecule has 0 N–H and O–H groups in total. The zero-order valence-corrected chi connectivity index (χ0v) is 13.3. The molecule has 0 aliphatic carbocycles. The topological polar surface area (TPSA) is 43.9 Å². The zero-order valence-electron chi connectivity index (χ0n) is 12.5. The summed E-state index contributed by atoms with van der Waals surface area (Å²) in [5, 5.41) is 0.671. The van der Waals surface area contributed by atoms with E-state index in [1.54, 1.807) is 9.80 Å². The lowest BCUT2D eigenvalue weighted by atomic mass is 10.2. The summed E-state index contributed by atoms with van der Waals surface area (Å²) in [7, 11) is 0. The first kappa shape index (κ1) is 15.2. The molecule has 5 nitrogen and oxygen atoms in total. The van der Waals surface area contributed by atoms with Crippen LogP contribution >= 0.6 is 11.6 Å². The molecule has 2 saturated heterocycles. The van der Waals surface area contributed by atoms with E-state index in [0.717, 1.165) is 31.5 Å². The van der Waals surface area contributed by atoms with Gasteiger partial charge in [0, 0.05) is 37.7 Å². The number of hydrogen-bond donors (Lipinski definition) is 0. The van der Waals surface area contributed by atoms with E-state index < -0.39 is 0 Å². The Morgan fingerprint density at radius 2 is 1.82 bits per heavy atom. The van der Waals surface area contributed by atoms with Gasteiger partial charge in [-0.3, -0.25) is 4.79 Å². The lowest BCUT2D eigenvalue weighted by molar-refractivity contribution is -0.130. The Balaban J connectivity index is 1.56. The summed E-state index contributed by atoms with van der Waals surface area (Å²) in [4.78, 5) is 29.8. The van der Waals surface area contributed by atoms with Crippen LogP contribution in [0.3, 0.4) is 0 Å². The maximum absolute atomic E-state index is 12.4. The average molecular weight is 322 g/mol. The van der Waals surface area contributed by atoms with Crippen molar-refractivity contribution in [2.45, 2.75) is 19.4 Å². The van der Waals surface area contributed by atoms with Gasteiger partial charge in [-0.2, -0.15) is 0 Å². The summed E-state index contributed by atoms with van der Waals surface area (Å²) >= 11 is 5.97. The molecule has 6 heteroatoms. The number of carbonyl (C=O) groups is 2. The molecule has 1 aromatic carbocycles. The van der Waals surface area contributed by atoms with Gasteiger partial charge in [-0.05, 0) is 30.5 Å². The highest BCUT2D eigenvalue weighted by Gasteiger charge is 2.31. The molecule has 0 bridgehead atoms. The van der Waals surface area contributed by atoms with Crippen molar-refractivity contribution in [3.05, 3.63) is 34.9 Å². The summed E-state index contributed by atoms with van der Waals surface area (Å²) in [6, 6.07) is 7.46. The van der Waals surface area contributed by atoms with E-state index in [2.05, 4.69) is 0 Å². The van der Waals surface area contributed by atoms with Crippen molar-refractivity contribution >= 4 is 23.5 Å². The molecular formula is C16H20ClN3O2. The van der Waals surface area contributed by atoms with Gasteiger partial charge in [0.25, 0.3) is 0 Å². The number of hydrogen-bond acceptors (Lipinski definition) is 2. The molecule has 0 unspecified atom stereocenters. The third-order valence-electron chi connectivity index (χ3n) is 4.23. The normalized spacial score (nSPS) is 18.4. The van der Waals surface area contributed by atoms with Crippen LogP contribution in [-0.2, 0) is 11.3 Å². The molecule has 0 spiro atoms. The fourth-order valence-electron chi connectivity index (χ4n) is 3.01. The van der Waals surface area contributed by atoms with E-state index in [9.17, 15) is 9.59 Å². The standard InChI is InChI=1S/C16H20ClN3O2/c17-14-5-3-4-13(10-14)11-19-8-9-20(16(19)22)12-15(21)18-6-1-2-7-18/h3-5,10H,1-2,6-9,11-12H2. The molecule has 0 saturated carbocycles. The van der Waals surface area contributed by atoms with Crippen LogP contribution in [0.4, 0.5) is 4.79 Å². The van der Waals surface area contributed by atoms with Gasteiger partial charge in [-0.25, -0.2) is 4.79 Å². The van der Waals surface area contributed by atoms with Crippen molar-refractivity contribution in [2.24, 2.45) is 0 Å². The zero-order chi connectivity index (χ0) is 15.5. The second kappa shape index (κ2) is 6.57. The van der Waals surface area contributed by atoms with Crippen LogP contribution in [0.1, 0.15) is 18.4 Å². The summed E-state index contributed by atoms with van der Waals surface area (Å²) in [5.74, 6) is 0.0652. The fraction of sp³-hybridized carbons (Fsp3) is 0.500. The maximum atomic E-state index is 12.4. The first-order chi connectivity index (χ1) is 10.6. The third-order valence-corrected chi connectivity index (χ3v) is 4.46. The van der Waals surface area contributed by atoms with Crippen molar-refractivity contribution in [1.29, 1.82) is 0 Å². The highest BCUT2D eigenvalue weighted by molar-refractivity contribution is 6.30. The lowest BCUT2D eigenvalue weighted by Crippen LogP contribution is -2.41. The molecule has 0 aromatic heterocycles. The van der Waals surface area contributed by atoms with E-state index in [1.165, 1.54) is 0 Å². The first-order valence-electron chi connectivity index (χ1n) is 7.69. The van der Waals surface area contributed by atoms with Crippen LogP contribution in [0.15, 0.2) is 24.3 Å².